The van der Waals surface area contributed by atoms with E-state index in [2.05, 4.69) is 10.3 Å². The Balaban J connectivity index is 1.99. The van der Waals surface area contributed by atoms with E-state index in [0.717, 1.165) is 5.01 Å². The van der Waals surface area contributed by atoms with Gasteiger partial charge in [0.1, 0.15) is 4.88 Å². The predicted molar refractivity (Wildman–Crippen MR) is 85.4 cm³/mol. The number of nitrogens with one attached hydrogen (secondary N) is 1. The molecule has 6 heteroatoms. The van der Waals surface area contributed by atoms with Gasteiger partial charge in [-0.3, -0.25) is 4.79 Å². The smallest absolute Gasteiger partial charge is 0.349 e. The van der Waals surface area contributed by atoms with Gasteiger partial charge in [-0.1, -0.05) is 25.1 Å². The van der Waals surface area contributed by atoms with E-state index < -0.39 is 0 Å². The Morgan fingerprint density at radius 3 is 2.64 bits per heavy atom. The first-order valence-electron chi connectivity index (χ1n) is 6.91. The summed E-state index contributed by atoms with van der Waals surface area (Å²) in [6.45, 7) is 4.20. The van der Waals surface area contributed by atoms with E-state index >= 15 is 0 Å². The summed E-state index contributed by atoms with van der Waals surface area (Å²) in [5.41, 5.74) is 1.29. The van der Waals surface area contributed by atoms with E-state index in [4.69, 9.17) is 4.74 Å². The molecule has 1 heterocycles. The second-order valence-corrected chi connectivity index (χ2v) is 5.97. The van der Waals surface area contributed by atoms with Crippen molar-refractivity contribution in [3.8, 4) is 0 Å². The fourth-order valence-electron chi connectivity index (χ4n) is 1.93. The summed E-state index contributed by atoms with van der Waals surface area (Å²) in [6, 6.07) is 9.05. The molecule has 1 atom stereocenters. The lowest BCUT2D eigenvalue weighted by atomic mass is 10.1. The second-order valence-electron chi connectivity index (χ2n) is 4.94. The van der Waals surface area contributed by atoms with Gasteiger partial charge in [-0.15, -0.1) is 11.3 Å². The third-order valence-corrected chi connectivity index (χ3v) is 4.58. The first-order chi connectivity index (χ1) is 10.5. The summed E-state index contributed by atoms with van der Waals surface area (Å²) in [5, 5.41) is 3.69. The number of carbonyl (C=O) groups excluding carboxylic acids is 2. The van der Waals surface area contributed by atoms with Gasteiger partial charge in [-0.05, 0) is 19.1 Å². The molecule has 1 aromatic carbocycles. The van der Waals surface area contributed by atoms with Crippen LogP contribution in [0.15, 0.2) is 30.3 Å². The van der Waals surface area contributed by atoms with Crippen LogP contribution in [0.1, 0.15) is 43.6 Å². The van der Waals surface area contributed by atoms with Gasteiger partial charge >= 0.3 is 5.97 Å². The number of rotatable bonds is 5. The highest BCUT2D eigenvalue weighted by Crippen LogP contribution is 2.25. The van der Waals surface area contributed by atoms with E-state index in [0.29, 0.717) is 22.7 Å². The molecule has 2 rings (SSSR count). The van der Waals surface area contributed by atoms with E-state index in [9.17, 15) is 9.59 Å². The topological polar surface area (TPSA) is 68.3 Å². The van der Waals surface area contributed by atoms with E-state index in [1.165, 1.54) is 18.4 Å². The number of nitrogens with zero attached hydrogens (tertiary/aromatic N) is 1. The Kier molecular flexibility index (Phi) is 5.27. The van der Waals surface area contributed by atoms with Gasteiger partial charge in [0, 0.05) is 18.0 Å². The van der Waals surface area contributed by atoms with Crippen molar-refractivity contribution in [1.82, 2.24) is 10.3 Å². The van der Waals surface area contributed by atoms with Gasteiger partial charge in [-0.2, -0.15) is 0 Å². The first-order valence-corrected chi connectivity index (χ1v) is 7.73. The highest BCUT2D eigenvalue weighted by molar-refractivity contribution is 7.13. The number of aromatic nitrogens is 1. The lowest BCUT2D eigenvalue weighted by Crippen LogP contribution is -2.27. The summed E-state index contributed by atoms with van der Waals surface area (Å²) in [4.78, 5) is 28.5. The van der Waals surface area contributed by atoms with Crippen LogP contribution in [0.2, 0.25) is 0 Å². The van der Waals surface area contributed by atoms with Crippen molar-refractivity contribution in [3.05, 3.63) is 51.5 Å². The number of hydrogen-bond donors (Lipinski definition) is 1. The van der Waals surface area contributed by atoms with Gasteiger partial charge in [0.2, 0.25) is 0 Å². The highest BCUT2D eigenvalue weighted by Gasteiger charge is 2.19. The summed E-state index contributed by atoms with van der Waals surface area (Å²) in [7, 11) is 1.35. The van der Waals surface area contributed by atoms with Gasteiger partial charge in [-0.25, -0.2) is 9.78 Å². The van der Waals surface area contributed by atoms with Crippen LogP contribution in [0.4, 0.5) is 0 Å². The average Bonchev–Trinajstić information content (AvgIpc) is 2.94. The monoisotopic (exact) mass is 318 g/mol. The van der Waals surface area contributed by atoms with Crippen molar-refractivity contribution < 1.29 is 14.3 Å². The summed E-state index contributed by atoms with van der Waals surface area (Å²) < 4.78 is 4.73. The Labute approximate surface area is 133 Å². The molecule has 2 aromatic rings. The molecule has 0 fully saturated rings. The molecule has 0 aliphatic carbocycles. The lowest BCUT2D eigenvalue weighted by Gasteiger charge is -2.10. The Morgan fingerprint density at radius 2 is 2.00 bits per heavy atom. The Morgan fingerprint density at radius 1 is 1.32 bits per heavy atom. The van der Waals surface area contributed by atoms with Crippen LogP contribution in [0.5, 0.6) is 0 Å². The number of esters is 1. The SMILES string of the molecule is COC(=O)c1sc([C@@H](C)CNC(=O)c2ccccc2)nc1C. The largest absolute Gasteiger partial charge is 0.465 e. The fraction of sp³-hybridized carbons (Fsp3) is 0.312. The minimum atomic E-state index is -0.373. The van der Waals surface area contributed by atoms with Crippen LogP contribution in [-0.4, -0.2) is 30.5 Å². The molecule has 0 aliphatic heterocycles. The van der Waals surface area contributed by atoms with E-state index in [1.54, 1.807) is 19.1 Å². The maximum Gasteiger partial charge on any atom is 0.349 e. The summed E-state index contributed by atoms with van der Waals surface area (Å²) in [5.74, 6) is -0.467. The van der Waals surface area contributed by atoms with Crippen LogP contribution in [-0.2, 0) is 4.74 Å². The van der Waals surface area contributed by atoms with Crippen molar-refractivity contribution in [2.45, 2.75) is 19.8 Å². The van der Waals surface area contributed by atoms with Crippen LogP contribution in [0.25, 0.3) is 0 Å². The van der Waals surface area contributed by atoms with E-state index in [-0.39, 0.29) is 17.8 Å². The van der Waals surface area contributed by atoms with Crippen molar-refractivity contribution >= 4 is 23.2 Å². The molecule has 22 heavy (non-hydrogen) atoms. The van der Waals surface area contributed by atoms with Crippen molar-refractivity contribution in [3.63, 3.8) is 0 Å². The minimum absolute atomic E-state index is 0.0229. The predicted octanol–water partition coefficient (Wildman–Crippen LogP) is 2.77. The van der Waals surface area contributed by atoms with Crippen molar-refractivity contribution in [2.75, 3.05) is 13.7 Å². The Hall–Kier alpha value is -2.21. The number of amides is 1. The number of thiazole rings is 1. The molecular formula is C16H18N2O3S. The molecule has 0 unspecified atom stereocenters. The first kappa shape index (κ1) is 16.2. The molecule has 1 amide bonds. The number of carbonyl (C=O) groups is 2. The average molecular weight is 318 g/mol. The molecular weight excluding hydrogens is 300 g/mol. The molecule has 0 radical (unpaired) electrons. The lowest BCUT2D eigenvalue weighted by molar-refractivity contribution is 0.0605. The number of ether oxygens (including phenoxy) is 1. The maximum absolute atomic E-state index is 12.0. The molecule has 0 saturated carbocycles. The van der Waals surface area contributed by atoms with Gasteiger partial charge in [0.15, 0.2) is 0 Å². The maximum atomic E-state index is 12.0. The number of benzene rings is 1. The molecule has 5 nitrogen and oxygen atoms in total. The van der Waals surface area contributed by atoms with Crippen LogP contribution < -0.4 is 5.32 Å². The van der Waals surface area contributed by atoms with Crippen LogP contribution >= 0.6 is 11.3 Å². The molecule has 116 valence electrons. The zero-order valence-electron chi connectivity index (χ0n) is 12.8. The molecule has 1 N–H and O–H groups in total. The molecule has 1 aromatic heterocycles. The number of aryl methyl sites for hydroxylation is 1. The summed E-state index contributed by atoms with van der Waals surface area (Å²) >= 11 is 1.31. The van der Waals surface area contributed by atoms with Crippen molar-refractivity contribution in [2.24, 2.45) is 0 Å². The highest BCUT2D eigenvalue weighted by atomic mass is 32.1. The quantitative estimate of drug-likeness (QED) is 0.861. The Bertz CT molecular complexity index is 667. The van der Waals surface area contributed by atoms with Gasteiger partial charge < -0.3 is 10.1 Å². The van der Waals surface area contributed by atoms with E-state index in [1.807, 2.05) is 25.1 Å². The van der Waals surface area contributed by atoms with Gasteiger partial charge in [0.25, 0.3) is 5.91 Å². The third kappa shape index (κ3) is 3.71. The van der Waals surface area contributed by atoms with Crippen LogP contribution in [0.3, 0.4) is 0 Å². The number of hydrogen-bond acceptors (Lipinski definition) is 5. The molecule has 0 bridgehead atoms. The minimum Gasteiger partial charge on any atom is -0.465 e. The zero-order chi connectivity index (χ0) is 16.1. The second kappa shape index (κ2) is 7.17. The van der Waals surface area contributed by atoms with Crippen LogP contribution in [0, 0.1) is 6.92 Å². The normalized spacial score (nSPS) is 11.8. The molecule has 0 aliphatic rings. The molecule has 0 spiro atoms. The zero-order valence-corrected chi connectivity index (χ0v) is 13.6. The van der Waals surface area contributed by atoms with Gasteiger partial charge in [0.05, 0.1) is 17.8 Å². The standard InChI is InChI=1S/C16H18N2O3S/c1-10(9-17-14(19)12-7-5-4-6-8-12)15-18-11(2)13(22-15)16(20)21-3/h4-8,10H,9H2,1-3H3,(H,17,19)/t10-/m0/s1. The third-order valence-electron chi connectivity index (χ3n) is 3.21. The van der Waals surface area contributed by atoms with Crippen molar-refractivity contribution in [1.29, 1.82) is 0 Å². The number of methoxy groups -OCH3 is 1. The molecule has 0 saturated heterocycles. The fourth-order valence-corrected chi connectivity index (χ4v) is 2.97. The summed E-state index contributed by atoms with van der Waals surface area (Å²) in [6.07, 6.45) is 0.